The van der Waals surface area contributed by atoms with Crippen molar-refractivity contribution in [1.29, 1.82) is 0 Å². The maximum atomic E-state index is 11.8. The Morgan fingerprint density at radius 1 is 0.636 bits per heavy atom. The van der Waals surface area contributed by atoms with Gasteiger partial charge in [-0.1, -0.05) is 36.4 Å². The molecule has 0 fully saturated rings. The Hall–Kier alpha value is -1.38. The third-order valence-electron chi connectivity index (χ3n) is 4.65. The molecule has 33 heavy (non-hydrogen) atoms. The predicted molar refractivity (Wildman–Crippen MR) is 112 cm³/mol. The van der Waals surface area contributed by atoms with Gasteiger partial charge in [0.05, 0.1) is 21.2 Å². The van der Waals surface area contributed by atoms with Crippen molar-refractivity contribution in [3.63, 3.8) is 0 Å². The van der Waals surface area contributed by atoms with E-state index in [4.69, 9.17) is 5.73 Å². The minimum Gasteiger partial charge on any atom is -0.744 e. The molecule has 9 nitrogen and oxygen atoms in total. The molecule has 0 bridgehead atoms. The summed E-state index contributed by atoms with van der Waals surface area (Å²) in [5.74, 6) is 0. The molecule has 0 aromatic heterocycles. The molecule has 0 spiro atoms. The first-order valence-electron chi connectivity index (χ1n) is 8.73. The monoisotopic (exact) mass is 501 g/mol. The van der Waals surface area contributed by atoms with Gasteiger partial charge in [0.2, 0.25) is 0 Å². The van der Waals surface area contributed by atoms with Gasteiger partial charge in [0, 0.05) is 27.2 Å². The van der Waals surface area contributed by atoms with Crippen LogP contribution >= 0.6 is 0 Å². The van der Waals surface area contributed by atoms with Gasteiger partial charge < -0.3 is 14.8 Å². The molecule has 0 heterocycles. The van der Waals surface area contributed by atoms with Gasteiger partial charge in [-0.05, 0) is 30.3 Å². The van der Waals surface area contributed by atoms with Gasteiger partial charge in [0.25, 0.3) is 0 Å². The smallest absolute Gasteiger partial charge is 0.744 e. The number of nitrogens with zero attached hydrogens (tertiary/aromatic N) is 2. The van der Waals surface area contributed by atoms with Crippen LogP contribution in [0.25, 0.3) is 21.5 Å². The third-order valence-corrected chi connectivity index (χ3v) is 6.42. The Morgan fingerprint density at radius 2 is 1.24 bits per heavy atom. The summed E-state index contributed by atoms with van der Waals surface area (Å²) in [5.41, 5.74) is 6.80. The Bertz CT molecular complexity index is 1610. The SMILES string of the molecule is Nc1ccc(N=Nc2cc(S(=O)(=O)[O-])c3cccc(S(=O)(=O)[O-])c3c2)c2ccccc12.[Na+].[Na+]. The first-order chi connectivity index (χ1) is 14.6. The summed E-state index contributed by atoms with van der Waals surface area (Å²) in [6, 6.07) is 16.0. The number of hydrogen-bond donors (Lipinski definition) is 1. The van der Waals surface area contributed by atoms with Crippen molar-refractivity contribution in [3.8, 4) is 0 Å². The molecular weight excluding hydrogens is 488 g/mol. The molecule has 2 N–H and O–H groups in total. The number of anilines is 1. The number of hydrogen-bond acceptors (Lipinski definition) is 9. The molecule has 0 amide bonds. The fourth-order valence-corrected chi connectivity index (χ4v) is 4.69. The quantitative estimate of drug-likeness (QED) is 0.144. The van der Waals surface area contributed by atoms with Gasteiger partial charge in [-0.15, -0.1) is 5.11 Å². The fourth-order valence-electron chi connectivity index (χ4n) is 3.30. The standard InChI is InChI=1S/C20H15N3O6S2.2Na/c21-17-8-9-18(14-5-2-1-4-13(14)17)23-22-12-10-16-15(20(11-12)31(27,28)29)6-3-7-19(16)30(24,25)26;;/h1-11H,21H2,(H,24,25,26)(H,27,28,29);;/q;2*+1/p-2. The van der Waals surface area contributed by atoms with Crippen LogP contribution < -0.4 is 64.8 Å². The van der Waals surface area contributed by atoms with Crippen LogP contribution in [-0.2, 0) is 20.2 Å². The van der Waals surface area contributed by atoms with Crippen molar-refractivity contribution in [2.45, 2.75) is 9.79 Å². The van der Waals surface area contributed by atoms with Gasteiger partial charge in [-0.25, -0.2) is 16.8 Å². The number of benzene rings is 4. The number of rotatable bonds is 4. The van der Waals surface area contributed by atoms with E-state index in [0.29, 0.717) is 16.8 Å². The van der Waals surface area contributed by atoms with Crippen LogP contribution in [0.5, 0.6) is 0 Å². The zero-order chi connectivity index (χ0) is 22.4. The number of nitrogens with two attached hydrogens (primary N) is 1. The topological polar surface area (TPSA) is 165 Å². The maximum absolute atomic E-state index is 11.8. The number of nitrogen functional groups attached to an aromatic ring is 1. The zero-order valence-corrected chi connectivity index (χ0v) is 23.2. The van der Waals surface area contributed by atoms with E-state index in [0.717, 1.165) is 17.5 Å². The van der Waals surface area contributed by atoms with E-state index in [-0.39, 0.29) is 75.6 Å². The van der Waals surface area contributed by atoms with Crippen molar-refractivity contribution in [3.05, 3.63) is 66.7 Å². The average molecular weight is 501 g/mol. The molecule has 0 aliphatic rings. The summed E-state index contributed by atoms with van der Waals surface area (Å²) in [4.78, 5) is -1.36. The second-order valence-electron chi connectivity index (χ2n) is 6.62. The molecule has 0 atom stereocenters. The summed E-state index contributed by atoms with van der Waals surface area (Å²) in [7, 11) is -9.94. The molecule has 0 saturated carbocycles. The van der Waals surface area contributed by atoms with Gasteiger partial charge >= 0.3 is 59.1 Å². The van der Waals surface area contributed by atoms with Crippen LogP contribution in [0.3, 0.4) is 0 Å². The van der Waals surface area contributed by atoms with E-state index in [1.807, 2.05) is 0 Å². The molecule has 13 heteroatoms. The van der Waals surface area contributed by atoms with Crippen LogP contribution in [0.15, 0.2) is 86.7 Å². The molecule has 4 aromatic carbocycles. The van der Waals surface area contributed by atoms with E-state index < -0.39 is 30.0 Å². The minimum absolute atomic E-state index is 0. The molecule has 0 aliphatic heterocycles. The summed E-state index contributed by atoms with van der Waals surface area (Å²) in [5, 5.41) is 9.10. The van der Waals surface area contributed by atoms with Crippen LogP contribution in [-0.4, -0.2) is 25.9 Å². The number of fused-ring (bicyclic) bond motifs is 2. The number of azo groups is 1. The second kappa shape index (κ2) is 10.5. The first kappa shape index (κ1) is 27.9. The molecule has 0 radical (unpaired) electrons. The van der Waals surface area contributed by atoms with Gasteiger partial charge in [-0.3, -0.25) is 0 Å². The summed E-state index contributed by atoms with van der Waals surface area (Å²) >= 11 is 0. The average Bonchev–Trinajstić information content (AvgIpc) is 2.71. The largest absolute Gasteiger partial charge is 1.00 e. The van der Waals surface area contributed by atoms with E-state index in [2.05, 4.69) is 10.2 Å². The molecule has 4 aromatic rings. The van der Waals surface area contributed by atoms with Crippen molar-refractivity contribution >= 4 is 58.8 Å². The van der Waals surface area contributed by atoms with Crippen LogP contribution in [0.1, 0.15) is 0 Å². The van der Waals surface area contributed by atoms with E-state index in [1.54, 1.807) is 36.4 Å². The zero-order valence-electron chi connectivity index (χ0n) is 17.6. The molecule has 158 valence electrons. The minimum atomic E-state index is -5.00. The van der Waals surface area contributed by atoms with Gasteiger partial charge in [-0.2, -0.15) is 5.11 Å². The molecule has 0 aliphatic carbocycles. The first-order valence-corrected chi connectivity index (χ1v) is 11.5. The fraction of sp³-hybridized carbons (Fsp3) is 0. The van der Waals surface area contributed by atoms with Crippen molar-refractivity contribution < 1.29 is 85.1 Å². The van der Waals surface area contributed by atoms with Crippen LogP contribution in [0.2, 0.25) is 0 Å². The van der Waals surface area contributed by atoms with Gasteiger partial charge in [0.1, 0.15) is 20.2 Å². The van der Waals surface area contributed by atoms with E-state index in [9.17, 15) is 25.9 Å². The van der Waals surface area contributed by atoms with E-state index in [1.165, 1.54) is 18.2 Å². The van der Waals surface area contributed by atoms with Crippen LogP contribution in [0, 0.1) is 0 Å². The Balaban J connectivity index is 0.00000193. The van der Waals surface area contributed by atoms with Crippen molar-refractivity contribution in [2.75, 3.05) is 5.73 Å². The van der Waals surface area contributed by atoms with Crippen molar-refractivity contribution in [1.82, 2.24) is 0 Å². The predicted octanol–water partition coefficient (Wildman–Crippen LogP) is -2.19. The molecule has 0 saturated heterocycles. The third kappa shape index (κ3) is 5.82. The van der Waals surface area contributed by atoms with Crippen molar-refractivity contribution in [2.24, 2.45) is 10.2 Å². The Kier molecular flexibility index (Phi) is 8.85. The maximum Gasteiger partial charge on any atom is 1.00 e. The summed E-state index contributed by atoms with van der Waals surface area (Å²) in [6.45, 7) is 0. The van der Waals surface area contributed by atoms with Gasteiger partial charge in [0.15, 0.2) is 0 Å². The summed E-state index contributed by atoms with van der Waals surface area (Å²) < 4.78 is 70.2. The Morgan fingerprint density at radius 3 is 1.88 bits per heavy atom. The summed E-state index contributed by atoms with van der Waals surface area (Å²) in [6.07, 6.45) is 0. The molecule has 0 unspecified atom stereocenters. The van der Waals surface area contributed by atoms with Crippen LogP contribution in [0.4, 0.5) is 17.1 Å². The molecular formula is C20H13N3Na2O6S2. The molecule has 4 rings (SSSR count). The normalized spacial score (nSPS) is 11.9. The van der Waals surface area contributed by atoms with E-state index >= 15 is 0 Å². The Labute approximate surface area is 234 Å². The second-order valence-corrected chi connectivity index (χ2v) is 9.32.